The van der Waals surface area contributed by atoms with Crippen LogP contribution in [0.4, 0.5) is 5.69 Å². The van der Waals surface area contributed by atoms with Gasteiger partial charge < -0.3 is 20.5 Å². The zero-order chi connectivity index (χ0) is 13.1. The monoisotopic (exact) mass is 250 g/mol. The Balaban J connectivity index is 1.97. The van der Waals surface area contributed by atoms with Gasteiger partial charge in [-0.25, -0.2) is 0 Å². The number of nitrogen functional groups attached to an aromatic ring is 1. The molecule has 5 nitrogen and oxygen atoms in total. The van der Waals surface area contributed by atoms with Gasteiger partial charge in [-0.3, -0.25) is 4.79 Å². The molecular formula is C13H22N4O. The van der Waals surface area contributed by atoms with Gasteiger partial charge in [0.15, 0.2) is 0 Å². The quantitative estimate of drug-likeness (QED) is 0.835. The molecular weight excluding hydrogens is 228 g/mol. The first kappa shape index (κ1) is 13.0. The Morgan fingerprint density at radius 1 is 1.61 bits per heavy atom. The summed E-state index contributed by atoms with van der Waals surface area (Å²) in [7, 11) is 1.84. The average molecular weight is 250 g/mol. The highest BCUT2D eigenvalue weighted by Crippen LogP contribution is 2.12. The van der Waals surface area contributed by atoms with Crippen LogP contribution in [0, 0.1) is 0 Å². The van der Waals surface area contributed by atoms with Crippen molar-refractivity contribution in [3.8, 4) is 0 Å². The number of carbonyl (C=O) groups is 1. The Hall–Kier alpha value is -1.49. The lowest BCUT2D eigenvalue weighted by molar-refractivity contribution is 0.0897. The van der Waals surface area contributed by atoms with Gasteiger partial charge in [0, 0.05) is 25.8 Å². The number of nitrogens with one attached hydrogen (secondary N) is 1. The van der Waals surface area contributed by atoms with Gasteiger partial charge in [0.05, 0.1) is 5.69 Å². The third kappa shape index (κ3) is 2.85. The molecule has 5 heteroatoms. The SMILES string of the molecule is CCN1CCCC(NC(=O)c2cc(N)cn2C)C1. The summed E-state index contributed by atoms with van der Waals surface area (Å²) in [5, 5.41) is 3.10. The maximum absolute atomic E-state index is 12.1. The summed E-state index contributed by atoms with van der Waals surface area (Å²) in [6.45, 7) is 5.29. The molecule has 3 N–H and O–H groups in total. The lowest BCUT2D eigenvalue weighted by Crippen LogP contribution is -2.47. The fourth-order valence-electron chi connectivity index (χ4n) is 2.54. The molecule has 1 unspecified atom stereocenters. The Kier molecular flexibility index (Phi) is 3.91. The van der Waals surface area contributed by atoms with Gasteiger partial charge in [-0.1, -0.05) is 6.92 Å². The first-order chi connectivity index (χ1) is 8.60. The smallest absolute Gasteiger partial charge is 0.268 e. The number of hydrogen-bond acceptors (Lipinski definition) is 3. The molecule has 2 rings (SSSR count). The summed E-state index contributed by atoms with van der Waals surface area (Å²) < 4.78 is 1.77. The van der Waals surface area contributed by atoms with E-state index in [2.05, 4.69) is 17.1 Å². The summed E-state index contributed by atoms with van der Waals surface area (Å²) in [5.41, 5.74) is 6.94. The van der Waals surface area contributed by atoms with Crippen molar-refractivity contribution >= 4 is 11.6 Å². The molecule has 0 saturated carbocycles. The molecule has 1 aliphatic rings. The van der Waals surface area contributed by atoms with E-state index >= 15 is 0 Å². The predicted molar refractivity (Wildman–Crippen MR) is 72.4 cm³/mol. The van der Waals surface area contributed by atoms with Crippen molar-refractivity contribution < 1.29 is 4.79 Å². The third-order valence-electron chi connectivity index (χ3n) is 3.55. The van der Waals surface area contributed by atoms with E-state index in [0.29, 0.717) is 11.4 Å². The van der Waals surface area contributed by atoms with E-state index in [-0.39, 0.29) is 11.9 Å². The van der Waals surface area contributed by atoms with E-state index in [0.717, 1.165) is 32.5 Å². The van der Waals surface area contributed by atoms with Crippen molar-refractivity contribution in [3.05, 3.63) is 18.0 Å². The van der Waals surface area contributed by atoms with Crippen LogP contribution in [0.3, 0.4) is 0 Å². The van der Waals surface area contributed by atoms with E-state index < -0.39 is 0 Å². The van der Waals surface area contributed by atoms with E-state index in [1.807, 2.05) is 7.05 Å². The molecule has 1 atom stereocenters. The van der Waals surface area contributed by atoms with Gasteiger partial charge in [0.2, 0.25) is 0 Å². The third-order valence-corrected chi connectivity index (χ3v) is 3.55. The number of likely N-dealkylation sites (tertiary alicyclic amines) is 1. The zero-order valence-electron chi connectivity index (χ0n) is 11.1. The number of carbonyl (C=O) groups excluding carboxylic acids is 1. The largest absolute Gasteiger partial charge is 0.397 e. The second-order valence-electron chi connectivity index (χ2n) is 4.98. The van der Waals surface area contributed by atoms with E-state index in [9.17, 15) is 4.79 Å². The molecule has 1 aromatic rings. The van der Waals surface area contributed by atoms with Gasteiger partial charge in [-0.15, -0.1) is 0 Å². The number of aromatic nitrogens is 1. The number of amides is 1. The maximum atomic E-state index is 12.1. The Morgan fingerprint density at radius 3 is 3.00 bits per heavy atom. The summed E-state index contributed by atoms with van der Waals surface area (Å²) in [5.74, 6) is -0.0304. The second kappa shape index (κ2) is 5.44. The summed E-state index contributed by atoms with van der Waals surface area (Å²) in [4.78, 5) is 14.5. The number of hydrogen-bond donors (Lipinski definition) is 2. The normalized spacial score (nSPS) is 20.9. The molecule has 100 valence electrons. The van der Waals surface area contributed by atoms with Crippen molar-refractivity contribution in [3.63, 3.8) is 0 Å². The number of aryl methyl sites for hydroxylation is 1. The van der Waals surface area contributed by atoms with Gasteiger partial charge in [-0.05, 0) is 32.0 Å². The van der Waals surface area contributed by atoms with Crippen molar-refractivity contribution in [2.45, 2.75) is 25.8 Å². The zero-order valence-corrected chi connectivity index (χ0v) is 11.1. The van der Waals surface area contributed by atoms with E-state index in [1.54, 1.807) is 16.8 Å². The number of piperidine rings is 1. The summed E-state index contributed by atoms with van der Waals surface area (Å²) in [6, 6.07) is 1.97. The summed E-state index contributed by atoms with van der Waals surface area (Å²) >= 11 is 0. The van der Waals surface area contributed by atoms with Crippen LogP contribution in [0.2, 0.25) is 0 Å². The fourth-order valence-corrected chi connectivity index (χ4v) is 2.54. The molecule has 18 heavy (non-hydrogen) atoms. The minimum absolute atomic E-state index is 0.0304. The molecule has 1 fully saturated rings. The first-order valence-electron chi connectivity index (χ1n) is 6.55. The van der Waals surface area contributed by atoms with Gasteiger partial charge in [0.25, 0.3) is 5.91 Å². The molecule has 0 spiro atoms. The number of nitrogens with two attached hydrogens (primary N) is 1. The van der Waals surface area contributed by atoms with Crippen molar-refractivity contribution in [2.75, 3.05) is 25.4 Å². The lowest BCUT2D eigenvalue weighted by Gasteiger charge is -2.32. The predicted octanol–water partition coefficient (Wildman–Crippen LogP) is 0.821. The van der Waals surface area contributed by atoms with Crippen LogP contribution < -0.4 is 11.1 Å². The van der Waals surface area contributed by atoms with Crippen molar-refractivity contribution in [1.82, 2.24) is 14.8 Å². The fraction of sp³-hybridized carbons (Fsp3) is 0.615. The van der Waals surface area contributed by atoms with Crippen molar-refractivity contribution in [2.24, 2.45) is 7.05 Å². The molecule has 1 aromatic heterocycles. The molecule has 1 saturated heterocycles. The standard InChI is InChI=1S/C13H22N4O/c1-3-17-6-4-5-11(9-17)15-13(18)12-7-10(14)8-16(12)2/h7-8,11H,3-6,9,14H2,1-2H3,(H,15,18). The van der Waals surface area contributed by atoms with E-state index in [4.69, 9.17) is 5.73 Å². The molecule has 0 bridgehead atoms. The highest BCUT2D eigenvalue weighted by Gasteiger charge is 2.21. The van der Waals surface area contributed by atoms with E-state index in [1.165, 1.54) is 0 Å². The number of rotatable bonds is 3. The maximum Gasteiger partial charge on any atom is 0.268 e. The van der Waals surface area contributed by atoms with Gasteiger partial charge in [0.1, 0.15) is 5.69 Å². The number of likely N-dealkylation sites (N-methyl/N-ethyl adjacent to an activating group) is 1. The minimum Gasteiger partial charge on any atom is -0.397 e. The lowest BCUT2D eigenvalue weighted by atomic mass is 10.1. The number of anilines is 1. The van der Waals surface area contributed by atoms with Crippen LogP contribution in [-0.2, 0) is 7.05 Å². The molecule has 1 amide bonds. The highest BCUT2D eigenvalue weighted by molar-refractivity contribution is 5.94. The molecule has 0 aliphatic carbocycles. The Morgan fingerprint density at radius 2 is 2.39 bits per heavy atom. The van der Waals surface area contributed by atoms with Gasteiger partial charge >= 0.3 is 0 Å². The van der Waals surface area contributed by atoms with Crippen LogP contribution in [0.5, 0.6) is 0 Å². The topological polar surface area (TPSA) is 63.3 Å². The average Bonchev–Trinajstić information content (AvgIpc) is 2.69. The molecule has 0 aromatic carbocycles. The number of nitrogens with zero attached hydrogens (tertiary/aromatic N) is 2. The van der Waals surface area contributed by atoms with Crippen molar-refractivity contribution in [1.29, 1.82) is 0 Å². The first-order valence-corrected chi connectivity index (χ1v) is 6.55. The molecule has 2 heterocycles. The summed E-state index contributed by atoms with van der Waals surface area (Å²) in [6.07, 6.45) is 3.96. The second-order valence-corrected chi connectivity index (χ2v) is 4.98. The minimum atomic E-state index is -0.0304. The van der Waals surface area contributed by atoms with Gasteiger partial charge in [-0.2, -0.15) is 0 Å². The van der Waals surface area contributed by atoms with Crippen LogP contribution in [0.25, 0.3) is 0 Å². The van der Waals surface area contributed by atoms with Crippen LogP contribution in [-0.4, -0.2) is 41.1 Å². The molecule has 1 aliphatic heterocycles. The molecule has 0 radical (unpaired) electrons. The van der Waals surface area contributed by atoms with Crippen LogP contribution >= 0.6 is 0 Å². The van der Waals surface area contributed by atoms with Crippen LogP contribution in [0.1, 0.15) is 30.3 Å². The van der Waals surface area contributed by atoms with Crippen LogP contribution in [0.15, 0.2) is 12.3 Å². The Labute approximate surface area is 108 Å². The Bertz CT molecular complexity index is 427. The highest BCUT2D eigenvalue weighted by atomic mass is 16.2.